The lowest BCUT2D eigenvalue weighted by Gasteiger charge is -2.46. The molecule has 0 saturated heterocycles. The number of benzene rings is 2. The third-order valence-electron chi connectivity index (χ3n) is 9.83. The van der Waals surface area contributed by atoms with Gasteiger partial charge in [-0.05, 0) is 99.2 Å². The van der Waals surface area contributed by atoms with Crippen molar-refractivity contribution in [2.75, 3.05) is 38.3 Å². The quantitative estimate of drug-likeness (QED) is 0.419. The molecule has 1 saturated carbocycles. The second-order valence-corrected chi connectivity index (χ2v) is 15.6. The Labute approximate surface area is 270 Å². The summed E-state index contributed by atoms with van der Waals surface area (Å²) in [7, 11) is -1.97. The number of carbonyl (C=O) groups excluding carboxylic acids is 2. The lowest BCUT2D eigenvalue weighted by molar-refractivity contribution is -0.137. The standard InChI is InChI=1S/C34H42ClN3O6S/c1-22(39)36-45(41)26-11-14-31-29(18-26)38(20-34(21-43-31)15-5-7-23-17-25(35)10-13-28(23)34)19-24-9-12-27(24)30(42-4)8-6-16-44-33(2,3)32(40)37-45/h6,8,10-11,13-14,17-18,24,27,30H,5,7,9,12,15-16,19-21H2,1-4H3,(H,36,37,39,40,41)/t24-,27+,30-,34-,45-/m0/s1. The monoisotopic (exact) mass is 655 g/mol. The Morgan fingerprint density at radius 1 is 1.20 bits per heavy atom. The summed E-state index contributed by atoms with van der Waals surface area (Å²) in [4.78, 5) is 28.3. The zero-order valence-electron chi connectivity index (χ0n) is 26.3. The van der Waals surface area contributed by atoms with Crippen molar-refractivity contribution in [2.45, 2.75) is 74.9 Å². The van der Waals surface area contributed by atoms with E-state index in [2.05, 4.69) is 26.1 Å². The summed E-state index contributed by atoms with van der Waals surface area (Å²) < 4.78 is 39.5. The summed E-state index contributed by atoms with van der Waals surface area (Å²) in [6.07, 6.45) is 8.83. The van der Waals surface area contributed by atoms with Crippen LogP contribution in [-0.4, -0.2) is 61.1 Å². The molecule has 1 N–H and O–H groups in total. The molecule has 2 aromatic carbocycles. The number of hydrogen-bond acceptors (Lipinski definition) is 7. The number of nitrogens with one attached hydrogen (secondary N) is 1. The van der Waals surface area contributed by atoms with Gasteiger partial charge in [-0.1, -0.05) is 29.8 Å². The van der Waals surface area contributed by atoms with Crippen molar-refractivity contribution in [3.8, 4) is 5.75 Å². The Morgan fingerprint density at radius 3 is 2.76 bits per heavy atom. The van der Waals surface area contributed by atoms with Gasteiger partial charge in [-0.3, -0.25) is 14.3 Å². The van der Waals surface area contributed by atoms with Gasteiger partial charge in [0.15, 0.2) is 9.92 Å². The highest BCUT2D eigenvalue weighted by atomic mass is 35.5. The van der Waals surface area contributed by atoms with Crippen molar-refractivity contribution >= 4 is 39.0 Å². The number of amides is 2. The molecule has 2 aromatic rings. The predicted octanol–water partition coefficient (Wildman–Crippen LogP) is 5.62. The molecule has 2 aliphatic heterocycles. The summed E-state index contributed by atoms with van der Waals surface area (Å²) >= 11 is 6.43. The largest absolute Gasteiger partial charge is 0.490 e. The highest BCUT2D eigenvalue weighted by molar-refractivity contribution is 7.92. The van der Waals surface area contributed by atoms with Crippen LogP contribution in [0.3, 0.4) is 0 Å². The van der Waals surface area contributed by atoms with E-state index in [-0.39, 0.29) is 23.0 Å². The van der Waals surface area contributed by atoms with E-state index in [4.69, 9.17) is 25.8 Å². The summed E-state index contributed by atoms with van der Waals surface area (Å²) in [6, 6.07) is 11.4. The minimum Gasteiger partial charge on any atom is -0.490 e. The van der Waals surface area contributed by atoms with Crippen molar-refractivity contribution in [1.82, 2.24) is 4.72 Å². The maximum atomic E-state index is 14.5. The molecule has 1 fully saturated rings. The van der Waals surface area contributed by atoms with E-state index in [1.165, 1.54) is 18.1 Å². The maximum Gasteiger partial charge on any atom is 0.287 e. The highest BCUT2D eigenvalue weighted by Crippen LogP contribution is 2.47. The lowest BCUT2D eigenvalue weighted by Crippen LogP contribution is -2.49. The van der Waals surface area contributed by atoms with Crippen molar-refractivity contribution < 1.29 is 28.0 Å². The number of halogens is 1. The molecule has 2 amide bonds. The Morgan fingerprint density at radius 2 is 2.02 bits per heavy atom. The van der Waals surface area contributed by atoms with Gasteiger partial charge in [0.05, 0.1) is 29.9 Å². The molecule has 0 aromatic heterocycles. The van der Waals surface area contributed by atoms with Crippen molar-refractivity contribution in [3.05, 3.63) is 64.7 Å². The van der Waals surface area contributed by atoms with Crippen LogP contribution in [0.1, 0.15) is 57.6 Å². The fraction of sp³-hybridized carbons (Fsp3) is 0.529. The SMILES string of the molecule is CO[C@H]1C=CCOC(C)(C)C(=O)N=[S@@](=O)(NC(C)=O)c2ccc3c(c2)N(C[C@@H]2CC[C@H]21)C[C@@]1(CCCc2cc(Cl)ccc21)CO3. The molecule has 6 rings (SSSR count). The second-order valence-electron chi connectivity index (χ2n) is 13.3. The topological polar surface area (TPSA) is 107 Å². The van der Waals surface area contributed by atoms with E-state index < -0.39 is 27.3 Å². The van der Waals surface area contributed by atoms with Crippen LogP contribution in [0.2, 0.25) is 5.02 Å². The van der Waals surface area contributed by atoms with Crippen LogP contribution in [0.4, 0.5) is 5.69 Å². The summed E-state index contributed by atoms with van der Waals surface area (Å²) in [5.41, 5.74) is 1.61. The molecular weight excluding hydrogens is 614 g/mol. The van der Waals surface area contributed by atoms with Crippen LogP contribution >= 0.6 is 11.6 Å². The van der Waals surface area contributed by atoms with Crippen molar-refractivity contribution in [1.29, 1.82) is 0 Å². The summed E-state index contributed by atoms with van der Waals surface area (Å²) in [5, 5.41) is 0.730. The molecule has 2 bridgehead atoms. The van der Waals surface area contributed by atoms with E-state index in [0.717, 1.165) is 49.4 Å². The number of nitrogens with zero attached hydrogens (tertiary/aromatic N) is 2. The van der Waals surface area contributed by atoms with Gasteiger partial charge in [0.25, 0.3) is 5.91 Å². The van der Waals surface area contributed by atoms with E-state index in [0.29, 0.717) is 30.7 Å². The van der Waals surface area contributed by atoms with Crippen LogP contribution in [0.15, 0.2) is 57.8 Å². The molecule has 4 aliphatic rings. The number of hydrogen-bond donors (Lipinski definition) is 1. The van der Waals surface area contributed by atoms with E-state index in [9.17, 15) is 13.8 Å². The minimum absolute atomic E-state index is 0.0946. The molecule has 11 heteroatoms. The molecule has 1 spiro atoms. The van der Waals surface area contributed by atoms with E-state index in [1.807, 2.05) is 18.2 Å². The number of aryl methyl sites for hydroxylation is 1. The summed E-state index contributed by atoms with van der Waals surface area (Å²) in [5.74, 6) is 0.0161. The van der Waals surface area contributed by atoms with Gasteiger partial charge in [-0.25, -0.2) is 4.21 Å². The number of rotatable bonds is 2. The van der Waals surface area contributed by atoms with Crippen molar-refractivity contribution in [3.63, 3.8) is 0 Å². The Hall–Kier alpha value is -2.92. The number of ether oxygens (including phenoxy) is 3. The van der Waals surface area contributed by atoms with Gasteiger partial charge in [-0.15, -0.1) is 4.36 Å². The first-order chi connectivity index (χ1) is 21.4. The first-order valence-electron chi connectivity index (χ1n) is 15.7. The van der Waals surface area contributed by atoms with Crippen LogP contribution in [0.5, 0.6) is 5.75 Å². The summed E-state index contributed by atoms with van der Waals surface area (Å²) in [6.45, 7) is 6.49. The van der Waals surface area contributed by atoms with Crippen LogP contribution in [-0.2, 0) is 40.8 Å². The minimum atomic E-state index is -3.70. The molecule has 5 atom stereocenters. The molecule has 2 aliphatic carbocycles. The highest BCUT2D eigenvalue weighted by Gasteiger charge is 2.44. The third-order valence-corrected chi connectivity index (χ3v) is 11.9. The number of carbonyl (C=O) groups is 2. The number of fused-ring (bicyclic) bond motifs is 4. The van der Waals surface area contributed by atoms with E-state index >= 15 is 0 Å². The van der Waals surface area contributed by atoms with Gasteiger partial charge < -0.3 is 19.1 Å². The molecule has 2 heterocycles. The van der Waals surface area contributed by atoms with E-state index in [1.54, 1.807) is 39.2 Å². The molecule has 0 radical (unpaired) electrons. The zero-order valence-corrected chi connectivity index (χ0v) is 27.9. The fourth-order valence-corrected chi connectivity index (χ4v) is 9.09. The average Bonchev–Trinajstić information content (AvgIpc) is 3.12. The van der Waals surface area contributed by atoms with Gasteiger partial charge >= 0.3 is 0 Å². The Bertz CT molecular complexity index is 1650. The smallest absolute Gasteiger partial charge is 0.287 e. The predicted molar refractivity (Wildman–Crippen MR) is 174 cm³/mol. The lowest BCUT2D eigenvalue weighted by atomic mass is 9.68. The Kier molecular flexibility index (Phi) is 8.80. The van der Waals surface area contributed by atoms with Gasteiger partial charge in [0, 0.05) is 37.6 Å². The van der Waals surface area contributed by atoms with Crippen LogP contribution < -0.4 is 14.4 Å². The molecule has 0 unspecified atom stereocenters. The number of anilines is 1. The molecule has 45 heavy (non-hydrogen) atoms. The third kappa shape index (κ3) is 6.26. The molecular formula is C34H42ClN3O6S. The first-order valence-corrected chi connectivity index (χ1v) is 17.6. The molecule has 9 nitrogen and oxygen atoms in total. The van der Waals surface area contributed by atoms with Crippen molar-refractivity contribution in [2.24, 2.45) is 16.2 Å². The van der Waals surface area contributed by atoms with Crippen LogP contribution in [0.25, 0.3) is 0 Å². The van der Waals surface area contributed by atoms with Gasteiger partial charge in [0.1, 0.15) is 11.4 Å². The Balaban J connectivity index is 1.51. The number of methoxy groups -OCH3 is 1. The zero-order chi connectivity index (χ0) is 32.0. The van der Waals surface area contributed by atoms with Crippen LogP contribution in [0, 0.1) is 11.8 Å². The second kappa shape index (κ2) is 12.4. The van der Waals surface area contributed by atoms with Gasteiger partial charge in [0.2, 0.25) is 5.91 Å². The maximum absolute atomic E-state index is 14.5. The average molecular weight is 656 g/mol. The fourth-order valence-electron chi connectivity index (χ4n) is 7.26. The molecule has 242 valence electrons. The normalized spacial score (nSPS) is 31.0. The van der Waals surface area contributed by atoms with Gasteiger partial charge in [-0.2, -0.15) is 0 Å². The first kappa shape index (κ1) is 32.0.